The summed E-state index contributed by atoms with van der Waals surface area (Å²) in [7, 11) is 0. The third kappa shape index (κ3) is 4.39. The zero-order valence-electron chi connectivity index (χ0n) is 19.3. The second-order valence-electron chi connectivity index (χ2n) is 8.97. The Hall–Kier alpha value is -3.71. The molecule has 178 valence electrons. The van der Waals surface area contributed by atoms with Gasteiger partial charge >= 0.3 is 0 Å². The molecule has 4 N–H and O–H groups in total. The molecular formula is C29H28N2O4. The molecule has 0 saturated carbocycles. The Morgan fingerprint density at radius 1 is 1.17 bits per heavy atom. The van der Waals surface area contributed by atoms with E-state index in [9.17, 15) is 20.1 Å². The lowest BCUT2D eigenvalue weighted by molar-refractivity contribution is -0.128. The van der Waals surface area contributed by atoms with Gasteiger partial charge in [-0.25, -0.2) is 0 Å². The van der Waals surface area contributed by atoms with Crippen molar-refractivity contribution in [1.82, 2.24) is 9.88 Å². The molecule has 2 aromatic carbocycles. The number of aromatic nitrogens is 1. The van der Waals surface area contributed by atoms with Gasteiger partial charge in [0.2, 0.25) is 5.91 Å². The Kier molecular flexibility index (Phi) is 6.26. The molecule has 3 aromatic rings. The summed E-state index contributed by atoms with van der Waals surface area (Å²) in [4.78, 5) is 18.8. The van der Waals surface area contributed by atoms with Crippen LogP contribution in [0.5, 0.6) is 0 Å². The lowest BCUT2D eigenvalue weighted by Crippen LogP contribution is -2.40. The first-order valence-corrected chi connectivity index (χ1v) is 11.7. The summed E-state index contributed by atoms with van der Waals surface area (Å²) in [5.74, 6) is -0.129. The van der Waals surface area contributed by atoms with E-state index in [1.807, 2.05) is 53.4 Å². The fourth-order valence-corrected chi connectivity index (χ4v) is 4.97. The summed E-state index contributed by atoms with van der Waals surface area (Å²) in [6.45, 7) is 4.47. The minimum Gasteiger partial charge on any atom is -0.392 e. The van der Waals surface area contributed by atoms with Crippen LogP contribution in [0.1, 0.15) is 34.8 Å². The molecule has 0 fully saturated rings. The first kappa shape index (κ1) is 23.1. The van der Waals surface area contributed by atoms with Crippen molar-refractivity contribution >= 4 is 22.9 Å². The fraction of sp³-hybridized carbons (Fsp3) is 0.207. The molecule has 1 atom stereocenters. The number of aliphatic hydroxyl groups excluding tert-OH is 2. The standard InChI is InChI=1S/C29H28N2O4/c1-18-6-12-21(16-24(18)29(34)35)28-27-23(22-4-2-3-5-25(22)30-27)14-15-31(28)26(33)13-11-19-7-9-20(17-32)10-8-19/h2-5,7-13,16,28-30,32,34-35H,1,6,14-15,17H2/b13-11+. The average Bonchev–Trinajstić information content (AvgIpc) is 3.26. The molecular weight excluding hydrogens is 440 g/mol. The number of hydrogen-bond acceptors (Lipinski definition) is 4. The van der Waals surface area contributed by atoms with E-state index in [0.717, 1.165) is 39.7 Å². The predicted octanol–water partition coefficient (Wildman–Crippen LogP) is 3.92. The van der Waals surface area contributed by atoms with Crippen LogP contribution in [-0.4, -0.2) is 43.9 Å². The molecule has 35 heavy (non-hydrogen) atoms. The maximum atomic E-state index is 13.5. The van der Waals surface area contributed by atoms with Crippen molar-refractivity contribution in [3.63, 3.8) is 0 Å². The summed E-state index contributed by atoms with van der Waals surface area (Å²) < 4.78 is 0. The third-order valence-corrected chi connectivity index (χ3v) is 6.81. The van der Waals surface area contributed by atoms with Crippen molar-refractivity contribution in [3.05, 3.63) is 112 Å². The highest BCUT2D eigenvalue weighted by molar-refractivity contribution is 5.93. The molecule has 5 rings (SSSR count). The van der Waals surface area contributed by atoms with Crippen LogP contribution in [0.15, 0.2) is 90.1 Å². The molecule has 1 aromatic heterocycles. The molecule has 1 aliphatic heterocycles. The molecule has 1 amide bonds. The van der Waals surface area contributed by atoms with Gasteiger partial charge in [0.25, 0.3) is 0 Å². The van der Waals surface area contributed by atoms with Crippen molar-refractivity contribution in [1.29, 1.82) is 0 Å². The van der Waals surface area contributed by atoms with Gasteiger partial charge < -0.3 is 25.2 Å². The number of hydrogen-bond donors (Lipinski definition) is 4. The second-order valence-corrected chi connectivity index (χ2v) is 8.97. The van der Waals surface area contributed by atoms with Crippen molar-refractivity contribution in [2.45, 2.75) is 31.8 Å². The van der Waals surface area contributed by atoms with Gasteiger partial charge in [-0.3, -0.25) is 4.79 Å². The predicted molar refractivity (Wildman–Crippen MR) is 136 cm³/mol. The molecule has 2 heterocycles. The molecule has 0 saturated heterocycles. The van der Waals surface area contributed by atoms with Crippen LogP contribution in [0.4, 0.5) is 0 Å². The molecule has 2 aliphatic rings. The van der Waals surface area contributed by atoms with Gasteiger partial charge in [-0.1, -0.05) is 55.1 Å². The minimum atomic E-state index is -1.62. The van der Waals surface area contributed by atoms with Crippen molar-refractivity contribution in [3.8, 4) is 0 Å². The summed E-state index contributed by atoms with van der Waals surface area (Å²) in [5, 5.41) is 30.1. The molecule has 1 unspecified atom stereocenters. The Bertz CT molecular complexity index is 1380. The third-order valence-electron chi connectivity index (χ3n) is 6.81. The highest BCUT2D eigenvalue weighted by Gasteiger charge is 2.35. The van der Waals surface area contributed by atoms with Gasteiger partial charge in [-0.05, 0) is 58.9 Å². The molecule has 1 aliphatic carbocycles. The smallest absolute Gasteiger partial charge is 0.247 e. The average molecular weight is 469 g/mol. The molecule has 6 heteroatoms. The van der Waals surface area contributed by atoms with Crippen molar-refractivity contribution in [2.75, 3.05) is 6.54 Å². The lowest BCUT2D eigenvalue weighted by Gasteiger charge is -2.37. The number of nitrogens with one attached hydrogen (secondary N) is 1. The molecule has 0 spiro atoms. The first-order chi connectivity index (χ1) is 17.0. The van der Waals surface area contributed by atoms with E-state index in [2.05, 4.69) is 17.6 Å². The van der Waals surface area contributed by atoms with Gasteiger partial charge in [0, 0.05) is 34.8 Å². The van der Waals surface area contributed by atoms with Crippen LogP contribution < -0.4 is 0 Å². The number of rotatable bonds is 5. The van der Waals surface area contributed by atoms with Gasteiger partial charge in [-0.15, -0.1) is 0 Å². The van der Waals surface area contributed by atoms with Crippen LogP contribution in [0, 0.1) is 0 Å². The van der Waals surface area contributed by atoms with E-state index in [1.165, 1.54) is 5.56 Å². The number of nitrogens with zero attached hydrogens (tertiary/aromatic N) is 1. The number of para-hydroxylation sites is 1. The Balaban J connectivity index is 1.54. The molecule has 0 bridgehead atoms. The lowest BCUT2D eigenvalue weighted by atomic mass is 9.86. The minimum absolute atomic E-state index is 0.0230. The fourth-order valence-electron chi connectivity index (χ4n) is 4.97. The van der Waals surface area contributed by atoms with E-state index >= 15 is 0 Å². The highest BCUT2D eigenvalue weighted by atomic mass is 16.5. The first-order valence-electron chi connectivity index (χ1n) is 11.7. The van der Waals surface area contributed by atoms with Gasteiger partial charge in [0.05, 0.1) is 12.6 Å². The number of amides is 1. The Morgan fingerprint density at radius 3 is 2.69 bits per heavy atom. The van der Waals surface area contributed by atoms with Crippen LogP contribution in [0.2, 0.25) is 0 Å². The zero-order valence-corrected chi connectivity index (χ0v) is 19.3. The van der Waals surface area contributed by atoms with E-state index in [4.69, 9.17) is 0 Å². The van der Waals surface area contributed by atoms with Crippen LogP contribution in [0.25, 0.3) is 17.0 Å². The number of aromatic amines is 1. The summed E-state index contributed by atoms with van der Waals surface area (Å²) in [5.41, 5.74) is 6.70. The van der Waals surface area contributed by atoms with Gasteiger partial charge in [0.15, 0.2) is 6.29 Å². The number of benzene rings is 2. The molecule has 6 nitrogen and oxygen atoms in total. The van der Waals surface area contributed by atoms with Crippen molar-refractivity contribution in [2.24, 2.45) is 0 Å². The van der Waals surface area contributed by atoms with Crippen molar-refractivity contribution < 1.29 is 20.1 Å². The summed E-state index contributed by atoms with van der Waals surface area (Å²) >= 11 is 0. The summed E-state index contributed by atoms with van der Waals surface area (Å²) in [6.07, 6.45) is 6.69. The number of allylic oxidation sites excluding steroid dienone is 1. The van der Waals surface area contributed by atoms with E-state index in [-0.39, 0.29) is 18.6 Å². The van der Waals surface area contributed by atoms with E-state index < -0.39 is 6.29 Å². The number of H-pyrrole nitrogens is 1. The maximum absolute atomic E-state index is 13.5. The Labute approximate surface area is 203 Å². The molecule has 0 radical (unpaired) electrons. The quantitative estimate of drug-likeness (QED) is 0.337. The number of carbonyl (C=O) groups is 1. The number of fused-ring (bicyclic) bond motifs is 3. The largest absolute Gasteiger partial charge is 0.392 e. The number of carbonyl (C=O) groups excluding carboxylic acids is 1. The second kappa shape index (κ2) is 9.50. The topological polar surface area (TPSA) is 96.8 Å². The summed E-state index contributed by atoms with van der Waals surface area (Å²) in [6, 6.07) is 15.1. The SMILES string of the molecule is C=C1CC=C(C2c3[nH]c4ccccc4c3CCN2C(=O)/C=C/c2ccc(CO)cc2)C=C1C(O)O. The van der Waals surface area contributed by atoms with E-state index in [0.29, 0.717) is 24.1 Å². The number of aliphatic hydroxyl groups is 3. The van der Waals surface area contributed by atoms with Crippen LogP contribution >= 0.6 is 0 Å². The van der Waals surface area contributed by atoms with Gasteiger partial charge in [0.1, 0.15) is 0 Å². The Morgan fingerprint density at radius 2 is 1.94 bits per heavy atom. The normalized spacial score (nSPS) is 18.2. The van der Waals surface area contributed by atoms with Crippen LogP contribution in [-0.2, 0) is 17.8 Å². The van der Waals surface area contributed by atoms with E-state index in [1.54, 1.807) is 18.2 Å². The van der Waals surface area contributed by atoms with Crippen LogP contribution in [0.3, 0.4) is 0 Å². The zero-order chi connectivity index (χ0) is 24.5. The maximum Gasteiger partial charge on any atom is 0.247 e. The monoisotopic (exact) mass is 468 g/mol. The van der Waals surface area contributed by atoms with Gasteiger partial charge in [-0.2, -0.15) is 0 Å². The highest BCUT2D eigenvalue weighted by Crippen LogP contribution is 2.41.